The van der Waals surface area contributed by atoms with Crippen LogP contribution in [0.2, 0.25) is 0 Å². The van der Waals surface area contributed by atoms with Crippen LogP contribution in [-0.2, 0) is 0 Å². The second-order valence-corrected chi connectivity index (χ2v) is 4.90. The molecular formula is C14H26. The van der Waals surface area contributed by atoms with Crippen LogP contribution in [0.15, 0.2) is 11.6 Å². The summed E-state index contributed by atoms with van der Waals surface area (Å²) in [5.74, 6) is 0.828. The molecule has 1 aliphatic carbocycles. The van der Waals surface area contributed by atoms with E-state index in [9.17, 15) is 0 Å². The van der Waals surface area contributed by atoms with E-state index in [-0.39, 0.29) is 0 Å². The molecule has 0 aliphatic heterocycles. The maximum atomic E-state index is 2.48. The zero-order valence-corrected chi connectivity index (χ0v) is 10.0. The van der Waals surface area contributed by atoms with E-state index in [0.717, 1.165) is 5.92 Å². The van der Waals surface area contributed by atoms with Crippen molar-refractivity contribution in [2.45, 2.75) is 71.6 Å². The molecule has 0 N–H and O–H groups in total. The maximum Gasteiger partial charge on any atom is -0.0234 e. The molecule has 0 bridgehead atoms. The van der Waals surface area contributed by atoms with Gasteiger partial charge >= 0.3 is 0 Å². The highest BCUT2D eigenvalue weighted by Crippen LogP contribution is 2.21. The third-order valence-corrected chi connectivity index (χ3v) is 3.58. The van der Waals surface area contributed by atoms with Crippen LogP contribution in [0.1, 0.15) is 71.6 Å². The number of hydrogen-bond acceptors (Lipinski definition) is 0. The smallest absolute Gasteiger partial charge is 0.0234 e. The fourth-order valence-electron chi connectivity index (χ4n) is 2.24. The molecule has 0 fully saturated rings. The molecule has 0 spiro atoms. The Kier molecular flexibility index (Phi) is 5.98. The first-order chi connectivity index (χ1) is 6.80. The van der Waals surface area contributed by atoms with E-state index in [0.29, 0.717) is 0 Å². The van der Waals surface area contributed by atoms with Gasteiger partial charge in [0.2, 0.25) is 0 Å². The van der Waals surface area contributed by atoms with Crippen LogP contribution in [0.5, 0.6) is 0 Å². The summed E-state index contributed by atoms with van der Waals surface area (Å²) in [6, 6.07) is 0. The third kappa shape index (κ3) is 4.83. The van der Waals surface area contributed by atoms with Crippen LogP contribution in [0.3, 0.4) is 0 Å². The minimum atomic E-state index is 0.828. The van der Waals surface area contributed by atoms with Gasteiger partial charge in [0.25, 0.3) is 0 Å². The zero-order valence-electron chi connectivity index (χ0n) is 10.0. The van der Waals surface area contributed by atoms with E-state index in [1.807, 2.05) is 0 Å². The normalized spacial score (nSPS) is 31.0. The summed E-state index contributed by atoms with van der Waals surface area (Å²) in [6.45, 7) is 4.70. The molecule has 0 heteroatoms. The summed E-state index contributed by atoms with van der Waals surface area (Å²) < 4.78 is 0. The molecule has 0 aromatic heterocycles. The molecule has 14 heavy (non-hydrogen) atoms. The predicted molar refractivity (Wildman–Crippen MR) is 64.5 cm³/mol. The van der Waals surface area contributed by atoms with Crippen LogP contribution in [0, 0.1) is 5.92 Å². The number of hydrogen-bond donors (Lipinski definition) is 0. The first kappa shape index (κ1) is 11.8. The Bertz CT molecular complexity index is 167. The van der Waals surface area contributed by atoms with Crippen LogP contribution in [-0.4, -0.2) is 0 Å². The Labute approximate surface area is 89.8 Å². The van der Waals surface area contributed by atoms with Gasteiger partial charge in [-0.3, -0.25) is 0 Å². The molecule has 0 aromatic rings. The van der Waals surface area contributed by atoms with Crippen molar-refractivity contribution in [3.63, 3.8) is 0 Å². The second kappa shape index (κ2) is 7.09. The van der Waals surface area contributed by atoms with Crippen LogP contribution < -0.4 is 0 Å². The molecule has 0 heterocycles. The van der Waals surface area contributed by atoms with Crippen LogP contribution >= 0.6 is 0 Å². The highest BCUT2D eigenvalue weighted by atomic mass is 14.1. The Morgan fingerprint density at radius 1 is 0.929 bits per heavy atom. The summed E-state index contributed by atoms with van der Waals surface area (Å²) in [6.07, 6.45) is 15.3. The minimum Gasteiger partial charge on any atom is -0.0853 e. The van der Waals surface area contributed by atoms with Gasteiger partial charge in [0.05, 0.1) is 0 Å². The van der Waals surface area contributed by atoms with Gasteiger partial charge < -0.3 is 0 Å². The minimum absolute atomic E-state index is 0.828. The molecule has 1 aliphatic rings. The van der Waals surface area contributed by atoms with Gasteiger partial charge in [0.15, 0.2) is 0 Å². The molecule has 1 rings (SSSR count). The Morgan fingerprint density at radius 3 is 2.21 bits per heavy atom. The lowest BCUT2D eigenvalue weighted by molar-refractivity contribution is 0.514. The molecule has 82 valence electrons. The van der Waals surface area contributed by atoms with E-state index in [1.54, 1.807) is 5.57 Å². The first-order valence-corrected chi connectivity index (χ1v) is 6.47. The number of allylic oxidation sites excluding steroid dienone is 2. The second-order valence-electron chi connectivity index (χ2n) is 4.90. The Balaban J connectivity index is 2.36. The summed E-state index contributed by atoms with van der Waals surface area (Å²) >= 11 is 0. The maximum absolute atomic E-state index is 2.48. The van der Waals surface area contributed by atoms with Gasteiger partial charge in [-0.25, -0.2) is 0 Å². The van der Waals surface area contributed by atoms with Gasteiger partial charge in [-0.05, 0) is 32.1 Å². The SMILES string of the molecule is C/C1=C\CCCCCCCCCC1C. The van der Waals surface area contributed by atoms with Gasteiger partial charge in [-0.2, -0.15) is 0 Å². The van der Waals surface area contributed by atoms with E-state index in [4.69, 9.17) is 0 Å². The van der Waals surface area contributed by atoms with Crippen molar-refractivity contribution in [2.75, 3.05) is 0 Å². The van der Waals surface area contributed by atoms with Crippen molar-refractivity contribution in [3.05, 3.63) is 11.6 Å². The lowest BCUT2D eigenvalue weighted by atomic mass is 9.93. The fourth-order valence-corrected chi connectivity index (χ4v) is 2.24. The van der Waals surface area contributed by atoms with Crippen molar-refractivity contribution in [1.82, 2.24) is 0 Å². The molecule has 0 amide bonds. The average molecular weight is 194 g/mol. The van der Waals surface area contributed by atoms with Crippen molar-refractivity contribution >= 4 is 0 Å². The molecule has 1 atom stereocenters. The first-order valence-electron chi connectivity index (χ1n) is 6.47. The van der Waals surface area contributed by atoms with Crippen molar-refractivity contribution < 1.29 is 0 Å². The summed E-state index contributed by atoms with van der Waals surface area (Å²) in [4.78, 5) is 0. The van der Waals surface area contributed by atoms with E-state index < -0.39 is 0 Å². The molecule has 1 unspecified atom stereocenters. The lowest BCUT2D eigenvalue weighted by Crippen LogP contribution is -1.97. The van der Waals surface area contributed by atoms with Gasteiger partial charge in [-0.15, -0.1) is 0 Å². The summed E-state index contributed by atoms with van der Waals surface area (Å²) in [5.41, 5.74) is 1.63. The predicted octanol–water partition coefficient (Wildman–Crippen LogP) is 5.09. The Morgan fingerprint density at radius 2 is 1.50 bits per heavy atom. The molecule has 0 aromatic carbocycles. The fraction of sp³-hybridized carbons (Fsp3) is 0.857. The highest BCUT2D eigenvalue weighted by molar-refractivity contribution is 5.01. The standard InChI is InChI=1S/C14H26/c1-13-11-9-7-5-3-4-6-8-10-12-14(13)2/h11,14H,3-10,12H2,1-2H3/b13-11+. The van der Waals surface area contributed by atoms with E-state index in [1.165, 1.54) is 57.8 Å². The van der Waals surface area contributed by atoms with E-state index in [2.05, 4.69) is 19.9 Å². The lowest BCUT2D eigenvalue weighted by Gasteiger charge is -2.13. The monoisotopic (exact) mass is 194 g/mol. The largest absolute Gasteiger partial charge is 0.0853 e. The highest BCUT2D eigenvalue weighted by Gasteiger charge is 2.04. The molecule has 0 radical (unpaired) electrons. The van der Waals surface area contributed by atoms with Crippen LogP contribution in [0.25, 0.3) is 0 Å². The van der Waals surface area contributed by atoms with E-state index >= 15 is 0 Å². The van der Waals surface area contributed by atoms with Crippen molar-refractivity contribution in [3.8, 4) is 0 Å². The van der Waals surface area contributed by atoms with Gasteiger partial charge in [-0.1, -0.05) is 57.1 Å². The summed E-state index contributed by atoms with van der Waals surface area (Å²) in [7, 11) is 0. The van der Waals surface area contributed by atoms with Crippen molar-refractivity contribution in [1.29, 1.82) is 0 Å². The number of rotatable bonds is 0. The van der Waals surface area contributed by atoms with Crippen molar-refractivity contribution in [2.24, 2.45) is 5.92 Å². The Hall–Kier alpha value is -0.260. The van der Waals surface area contributed by atoms with Gasteiger partial charge in [0.1, 0.15) is 0 Å². The molecular weight excluding hydrogens is 168 g/mol. The molecule has 0 nitrogen and oxygen atoms in total. The van der Waals surface area contributed by atoms with Gasteiger partial charge in [0, 0.05) is 0 Å². The third-order valence-electron chi connectivity index (χ3n) is 3.58. The zero-order chi connectivity index (χ0) is 10.2. The average Bonchev–Trinajstić information content (AvgIpc) is 2.18. The quantitative estimate of drug-likeness (QED) is 0.471. The molecule has 0 saturated heterocycles. The van der Waals surface area contributed by atoms with Crippen LogP contribution in [0.4, 0.5) is 0 Å². The molecule has 0 saturated carbocycles. The summed E-state index contributed by atoms with van der Waals surface area (Å²) in [5, 5.41) is 0. The topological polar surface area (TPSA) is 0 Å².